The van der Waals surface area contributed by atoms with E-state index in [4.69, 9.17) is 5.11 Å². The van der Waals surface area contributed by atoms with E-state index >= 15 is 0 Å². The van der Waals surface area contributed by atoms with Crippen molar-refractivity contribution in [2.45, 2.75) is 64.4 Å². The summed E-state index contributed by atoms with van der Waals surface area (Å²) in [4.78, 5) is 29.4. The van der Waals surface area contributed by atoms with E-state index in [9.17, 15) is 9.59 Å². The van der Waals surface area contributed by atoms with Crippen LogP contribution >= 0.6 is 11.8 Å². The molecule has 0 atom stereocenters. The van der Waals surface area contributed by atoms with Crippen molar-refractivity contribution in [3.8, 4) is 0 Å². The number of anilines is 1. The molecule has 0 radical (unpaired) electrons. The molecule has 0 saturated heterocycles. The van der Waals surface area contributed by atoms with Crippen LogP contribution in [0.15, 0.2) is 22.0 Å². The van der Waals surface area contributed by atoms with Crippen LogP contribution in [0.2, 0.25) is 0 Å². The highest BCUT2D eigenvalue weighted by atomic mass is 32.2. The van der Waals surface area contributed by atoms with Crippen molar-refractivity contribution in [3.05, 3.63) is 50.6 Å². The summed E-state index contributed by atoms with van der Waals surface area (Å²) >= 11 is 1.34. The zero-order chi connectivity index (χ0) is 21.0. The molecule has 6 nitrogen and oxygen atoms in total. The van der Waals surface area contributed by atoms with Crippen molar-refractivity contribution in [1.82, 2.24) is 9.55 Å². The minimum Gasteiger partial charge on any atom is -0.396 e. The first kappa shape index (κ1) is 21.6. The zero-order valence-electron chi connectivity index (χ0n) is 17.4. The number of amides is 1. The number of aromatic nitrogens is 2. The Labute approximate surface area is 175 Å². The molecular formula is C22H29N3O3S. The summed E-state index contributed by atoms with van der Waals surface area (Å²) in [5, 5.41) is 12.8. The van der Waals surface area contributed by atoms with Crippen molar-refractivity contribution in [2.75, 3.05) is 17.7 Å². The zero-order valence-corrected chi connectivity index (χ0v) is 18.2. The maximum atomic E-state index is 12.6. The van der Waals surface area contributed by atoms with Gasteiger partial charge in [-0.05, 0) is 64.0 Å². The van der Waals surface area contributed by atoms with Crippen LogP contribution in [-0.2, 0) is 24.2 Å². The van der Waals surface area contributed by atoms with E-state index in [1.165, 1.54) is 17.3 Å². The third kappa shape index (κ3) is 5.08. The number of hydrogen-bond acceptors (Lipinski definition) is 5. The van der Waals surface area contributed by atoms with E-state index in [0.29, 0.717) is 18.0 Å². The van der Waals surface area contributed by atoms with Gasteiger partial charge in [-0.1, -0.05) is 29.5 Å². The normalized spacial score (nSPS) is 13.2. The highest BCUT2D eigenvalue weighted by molar-refractivity contribution is 8.00. The molecule has 1 aliphatic rings. The first-order valence-corrected chi connectivity index (χ1v) is 11.1. The second-order valence-corrected chi connectivity index (χ2v) is 8.64. The summed E-state index contributed by atoms with van der Waals surface area (Å²) in [5.41, 5.74) is 5.95. The lowest BCUT2D eigenvalue weighted by molar-refractivity contribution is -0.113. The van der Waals surface area contributed by atoms with E-state index in [1.807, 2.05) is 20.8 Å². The third-order valence-corrected chi connectivity index (χ3v) is 6.29. The number of thioether (sulfide) groups is 1. The van der Waals surface area contributed by atoms with Crippen molar-refractivity contribution in [3.63, 3.8) is 0 Å². The fourth-order valence-corrected chi connectivity index (χ4v) is 4.89. The monoisotopic (exact) mass is 415 g/mol. The van der Waals surface area contributed by atoms with Crippen molar-refractivity contribution in [1.29, 1.82) is 0 Å². The fourth-order valence-electron chi connectivity index (χ4n) is 4.01. The van der Waals surface area contributed by atoms with E-state index < -0.39 is 0 Å². The SMILES string of the molecule is Cc1cc(C)c(NC(=O)CSc2nc(=O)n(CCCO)c3c2CCCC3)c(C)c1. The van der Waals surface area contributed by atoms with Crippen LogP contribution in [0.5, 0.6) is 0 Å². The number of carbonyl (C=O) groups excluding carboxylic acids is 1. The van der Waals surface area contributed by atoms with Crippen LogP contribution < -0.4 is 11.0 Å². The Balaban J connectivity index is 1.76. The Morgan fingerprint density at radius 3 is 2.59 bits per heavy atom. The minimum absolute atomic E-state index is 0.0513. The molecule has 29 heavy (non-hydrogen) atoms. The summed E-state index contributed by atoms with van der Waals surface area (Å²) in [5.74, 6) is 0.118. The molecule has 0 aliphatic heterocycles. The van der Waals surface area contributed by atoms with E-state index in [2.05, 4.69) is 22.4 Å². The predicted molar refractivity (Wildman–Crippen MR) is 117 cm³/mol. The number of hydrogen-bond donors (Lipinski definition) is 2. The van der Waals surface area contributed by atoms with Gasteiger partial charge in [0.25, 0.3) is 0 Å². The van der Waals surface area contributed by atoms with Gasteiger partial charge in [-0.25, -0.2) is 4.79 Å². The topological polar surface area (TPSA) is 84.2 Å². The summed E-state index contributed by atoms with van der Waals surface area (Å²) in [7, 11) is 0. The molecular weight excluding hydrogens is 386 g/mol. The van der Waals surface area contributed by atoms with Gasteiger partial charge in [0, 0.05) is 30.1 Å². The van der Waals surface area contributed by atoms with Gasteiger partial charge >= 0.3 is 5.69 Å². The van der Waals surface area contributed by atoms with Crippen LogP contribution in [0, 0.1) is 20.8 Å². The first-order chi connectivity index (χ1) is 13.9. The molecule has 1 aliphatic carbocycles. The Kier molecular flexibility index (Phi) is 7.14. The van der Waals surface area contributed by atoms with Gasteiger partial charge in [0.2, 0.25) is 5.91 Å². The van der Waals surface area contributed by atoms with Crippen LogP contribution in [0.1, 0.15) is 47.2 Å². The molecule has 1 heterocycles. The number of carbonyl (C=O) groups is 1. The third-order valence-electron chi connectivity index (χ3n) is 5.27. The molecule has 3 rings (SSSR count). The number of benzene rings is 1. The van der Waals surface area contributed by atoms with Gasteiger partial charge in [0.05, 0.1) is 5.75 Å². The van der Waals surface area contributed by atoms with Gasteiger partial charge in [-0.2, -0.15) is 4.98 Å². The average Bonchev–Trinajstić information content (AvgIpc) is 2.68. The summed E-state index contributed by atoms with van der Waals surface area (Å²) in [6.45, 7) is 6.57. The molecule has 156 valence electrons. The maximum absolute atomic E-state index is 12.6. The Bertz CT molecular complexity index is 946. The second kappa shape index (κ2) is 9.59. The van der Waals surface area contributed by atoms with Crippen LogP contribution in [-0.4, -0.2) is 32.9 Å². The molecule has 2 aromatic rings. The maximum Gasteiger partial charge on any atom is 0.348 e. The lowest BCUT2D eigenvalue weighted by Gasteiger charge is -2.22. The van der Waals surface area contributed by atoms with E-state index in [-0.39, 0.29) is 24.0 Å². The van der Waals surface area contributed by atoms with Crippen molar-refractivity contribution >= 4 is 23.4 Å². The smallest absolute Gasteiger partial charge is 0.348 e. The molecule has 0 spiro atoms. The van der Waals surface area contributed by atoms with Gasteiger partial charge in [0.15, 0.2) is 0 Å². The Hall–Kier alpha value is -2.12. The molecule has 0 fully saturated rings. The number of rotatable bonds is 7. The van der Waals surface area contributed by atoms with Gasteiger partial charge < -0.3 is 10.4 Å². The summed E-state index contributed by atoms with van der Waals surface area (Å²) in [6, 6.07) is 4.11. The minimum atomic E-state index is -0.285. The van der Waals surface area contributed by atoms with Gasteiger partial charge in [0.1, 0.15) is 5.03 Å². The van der Waals surface area contributed by atoms with Gasteiger partial charge in [-0.15, -0.1) is 0 Å². The number of aliphatic hydroxyl groups excluding tert-OH is 1. The lowest BCUT2D eigenvalue weighted by atomic mass is 9.97. The molecule has 1 aromatic carbocycles. The van der Waals surface area contributed by atoms with Crippen LogP contribution in [0.4, 0.5) is 5.69 Å². The van der Waals surface area contributed by atoms with Crippen LogP contribution in [0.3, 0.4) is 0 Å². The quantitative estimate of drug-likeness (QED) is 0.536. The lowest BCUT2D eigenvalue weighted by Crippen LogP contribution is -2.30. The number of fused-ring (bicyclic) bond motifs is 1. The summed E-state index contributed by atoms with van der Waals surface area (Å²) in [6.07, 6.45) is 4.38. The molecule has 0 unspecified atom stereocenters. The van der Waals surface area contributed by atoms with Gasteiger partial charge in [-0.3, -0.25) is 9.36 Å². The summed E-state index contributed by atoms with van der Waals surface area (Å²) < 4.78 is 1.70. The number of nitrogens with one attached hydrogen (secondary N) is 1. The molecule has 2 N–H and O–H groups in total. The van der Waals surface area contributed by atoms with Crippen molar-refractivity contribution in [2.24, 2.45) is 0 Å². The molecule has 1 amide bonds. The molecule has 0 bridgehead atoms. The number of nitrogens with zero attached hydrogens (tertiary/aromatic N) is 2. The number of aryl methyl sites for hydroxylation is 3. The average molecular weight is 416 g/mol. The van der Waals surface area contributed by atoms with Crippen LogP contribution in [0.25, 0.3) is 0 Å². The fraction of sp³-hybridized carbons (Fsp3) is 0.500. The second-order valence-electron chi connectivity index (χ2n) is 7.67. The Morgan fingerprint density at radius 1 is 1.21 bits per heavy atom. The highest BCUT2D eigenvalue weighted by Gasteiger charge is 2.21. The first-order valence-electron chi connectivity index (χ1n) is 10.1. The Morgan fingerprint density at radius 2 is 1.90 bits per heavy atom. The van der Waals surface area contributed by atoms with E-state index in [0.717, 1.165) is 53.8 Å². The molecule has 0 saturated carbocycles. The number of aliphatic hydroxyl groups is 1. The standard InChI is InChI=1S/C22H29N3O3S/c1-14-11-15(2)20(16(3)12-14)23-19(27)13-29-21-17-7-4-5-8-18(17)25(9-6-10-26)22(28)24-21/h11-12,26H,4-10,13H2,1-3H3,(H,23,27). The highest BCUT2D eigenvalue weighted by Crippen LogP contribution is 2.29. The largest absolute Gasteiger partial charge is 0.396 e. The van der Waals surface area contributed by atoms with Crippen molar-refractivity contribution < 1.29 is 9.90 Å². The van der Waals surface area contributed by atoms with E-state index in [1.54, 1.807) is 4.57 Å². The molecule has 7 heteroatoms. The molecule has 1 aromatic heterocycles. The predicted octanol–water partition coefficient (Wildman–Crippen LogP) is 3.16.